The van der Waals surface area contributed by atoms with Gasteiger partial charge in [0.05, 0.1) is 12.1 Å². The first-order valence-electron chi connectivity index (χ1n) is 7.20. The molecule has 3 rings (SSSR count). The standard InChI is InChI=1S/C15H19N5O/c16-10-5-6-12-13(7-10)18-9-19-15(12)20(8-14(17)21)11-3-1-2-4-11/h5-7,9,11H,1-4,8,16H2,(H2,17,21). The molecule has 0 spiro atoms. The highest BCUT2D eigenvalue weighted by atomic mass is 16.1. The van der Waals surface area contributed by atoms with Crippen molar-refractivity contribution in [1.29, 1.82) is 0 Å². The van der Waals surface area contributed by atoms with Crippen LogP contribution in [0, 0.1) is 0 Å². The Morgan fingerprint density at radius 2 is 2.05 bits per heavy atom. The fourth-order valence-electron chi connectivity index (χ4n) is 3.05. The number of nitrogens with two attached hydrogens (primary N) is 2. The quantitative estimate of drug-likeness (QED) is 0.828. The molecule has 21 heavy (non-hydrogen) atoms. The van der Waals surface area contributed by atoms with E-state index in [1.165, 1.54) is 19.2 Å². The van der Waals surface area contributed by atoms with Crippen molar-refractivity contribution in [2.45, 2.75) is 31.7 Å². The number of amides is 1. The summed E-state index contributed by atoms with van der Waals surface area (Å²) in [4.78, 5) is 22.1. The van der Waals surface area contributed by atoms with E-state index in [1.54, 1.807) is 0 Å². The molecule has 0 aliphatic heterocycles. The highest BCUT2D eigenvalue weighted by Gasteiger charge is 2.26. The minimum atomic E-state index is -0.343. The Hall–Kier alpha value is -2.37. The van der Waals surface area contributed by atoms with Gasteiger partial charge in [0.15, 0.2) is 0 Å². The van der Waals surface area contributed by atoms with Crippen LogP contribution in [-0.4, -0.2) is 28.5 Å². The van der Waals surface area contributed by atoms with Crippen LogP contribution in [0.2, 0.25) is 0 Å². The molecule has 1 aromatic carbocycles. The monoisotopic (exact) mass is 285 g/mol. The molecule has 4 N–H and O–H groups in total. The lowest BCUT2D eigenvalue weighted by molar-refractivity contribution is -0.116. The molecule has 1 aliphatic rings. The molecule has 1 amide bonds. The highest BCUT2D eigenvalue weighted by Crippen LogP contribution is 2.31. The first-order chi connectivity index (χ1) is 10.1. The van der Waals surface area contributed by atoms with Crippen LogP contribution in [-0.2, 0) is 4.79 Å². The molecule has 0 saturated heterocycles. The molecule has 2 aromatic rings. The van der Waals surface area contributed by atoms with Crippen LogP contribution >= 0.6 is 0 Å². The van der Waals surface area contributed by atoms with Crippen molar-refractivity contribution in [2.24, 2.45) is 5.73 Å². The fraction of sp³-hybridized carbons (Fsp3) is 0.400. The van der Waals surface area contributed by atoms with Crippen LogP contribution in [0.5, 0.6) is 0 Å². The van der Waals surface area contributed by atoms with Crippen LogP contribution in [0.3, 0.4) is 0 Å². The molecule has 0 unspecified atom stereocenters. The summed E-state index contributed by atoms with van der Waals surface area (Å²) >= 11 is 0. The molecular formula is C15H19N5O. The summed E-state index contributed by atoms with van der Waals surface area (Å²) in [7, 11) is 0. The summed E-state index contributed by atoms with van der Waals surface area (Å²) in [5.41, 5.74) is 12.7. The molecule has 0 radical (unpaired) electrons. The summed E-state index contributed by atoms with van der Waals surface area (Å²) in [5.74, 6) is 0.426. The average Bonchev–Trinajstić information content (AvgIpc) is 2.97. The molecule has 0 atom stereocenters. The number of carbonyl (C=O) groups is 1. The Bertz CT molecular complexity index is 666. The third-order valence-electron chi connectivity index (χ3n) is 4.00. The highest BCUT2D eigenvalue weighted by molar-refractivity contribution is 5.93. The van der Waals surface area contributed by atoms with Gasteiger partial charge in [-0.25, -0.2) is 9.97 Å². The lowest BCUT2D eigenvalue weighted by Crippen LogP contribution is -2.40. The number of carbonyl (C=O) groups excluding carboxylic acids is 1. The second-order valence-electron chi connectivity index (χ2n) is 5.51. The number of hydrogen-bond donors (Lipinski definition) is 2. The van der Waals surface area contributed by atoms with Gasteiger partial charge in [0.1, 0.15) is 12.1 Å². The Morgan fingerprint density at radius 1 is 1.29 bits per heavy atom. The van der Waals surface area contributed by atoms with Crippen molar-refractivity contribution in [3.8, 4) is 0 Å². The van der Waals surface area contributed by atoms with Gasteiger partial charge in [-0.2, -0.15) is 0 Å². The average molecular weight is 285 g/mol. The van der Waals surface area contributed by atoms with Crippen molar-refractivity contribution in [3.63, 3.8) is 0 Å². The van der Waals surface area contributed by atoms with E-state index in [0.717, 1.165) is 29.6 Å². The predicted octanol–water partition coefficient (Wildman–Crippen LogP) is 1.45. The summed E-state index contributed by atoms with van der Waals surface area (Å²) in [6.45, 7) is 0.182. The van der Waals surface area contributed by atoms with Crippen LogP contribution in [0.4, 0.5) is 11.5 Å². The van der Waals surface area contributed by atoms with Gasteiger partial charge in [0, 0.05) is 17.1 Å². The van der Waals surface area contributed by atoms with Crippen LogP contribution < -0.4 is 16.4 Å². The molecule has 1 heterocycles. The van der Waals surface area contributed by atoms with Crippen LogP contribution in [0.1, 0.15) is 25.7 Å². The van der Waals surface area contributed by atoms with Gasteiger partial charge < -0.3 is 16.4 Å². The third kappa shape index (κ3) is 2.74. The number of hydrogen-bond acceptors (Lipinski definition) is 5. The number of anilines is 2. The van der Waals surface area contributed by atoms with Gasteiger partial charge in [0.2, 0.25) is 5.91 Å². The van der Waals surface area contributed by atoms with Crippen molar-refractivity contribution >= 4 is 28.3 Å². The summed E-state index contributed by atoms with van der Waals surface area (Å²) in [6, 6.07) is 5.86. The molecule has 0 bridgehead atoms. The molecule has 1 fully saturated rings. The molecular weight excluding hydrogens is 266 g/mol. The van der Waals surface area contributed by atoms with E-state index >= 15 is 0 Å². The van der Waals surface area contributed by atoms with Gasteiger partial charge in [-0.1, -0.05) is 12.8 Å². The van der Waals surface area contributed by atoms with E-state index in [2.05, 4.69) is 9.97 Å². The normalized spacial score (nSPS) is 15.4. The second kappa shape index (κ2) is 5.55. The maximum atomic E-state index is 11.4. The van der Waals surface area contributed by atoms with Gasteiger partial charge >= 0.3 is 0 Å². The zero-order valence-electron chi connectivity index (χ0n) is 11.8. The lowest BCUT2D eigenvalue weighted by Gasteiger charge is -2.29. The molecule has 110 valence electrons. The van der Waals surface area contributed by atoms with Gasteiger partial charge in [-0.15, -0.1) is 0 Å². The maximum Gasteiger partial charge on any atom is 0.237 e. The van der Waals surface area contributed by atoms with Crippen molar-refractivity contribution < 1.29 is 4.79 Å². The van der Waals surface area contributed by atoms with Gasteiger partial charge in [0.25, 0.3) is 0 Å². The SMILES string of the molecule is NC(=O)CN(c1ncnc2cc(N)ccc12)C1CCCC1. The smallest absolute Gasteiger partial charge is 0.237 e. The number of benzene rings is 1. The molecule has 1 aliphatic carbocycles. The van der Waals surface area contributed by atoms with Crippen LogP contribution in [0.15, 0.2) is 24.5 Å². The number of nitrogens with zero attached hydrogens (tertiary/aromatic N) is 3. The molecule has 1 aromatic heterocycles. The fourth-order valence-corrected chi connectivity index (χ4v) is 3.05. The minimum absolute atomic E-state index is 0.182. The van der Waals surface area contributed by atoms with E-state index in [0.29, 0.717) is 11.7 Å². The number of primary amides is 1. The molecule has 1 saturated carbocycles. The Morgan fingerprint density at radius 3 is 2.76 bits per heavy atom. The summed E-state index contributed by atoms with van der Waals surface area (Å²) in [6.07, 6.45) is 5.99. The predicted molar refractivity (Wildman–Crippen MR) is 82.7 cm³/mol. The summed E-state index contributed by atoms with van der Waals surface area (Å²) in [5, 5.41) is 0.903. The maximum absolute atomic E-state index is 11.4. The largest absolute Gasteiger partial charge is 0.399 e. The Balaban J connectivity index is 2.07. The zero-order chi connectivity index (χ0) is 14.8. The first-order valence-corrected chi connectivity index (χ1v) is 7.20. The minimum Gasteiger partial charge on any atom is -0.399 e. The first kappa shape index (κ1) is 13.6. The van der Waals surface area contributed by atoms with Gasteiger partial charge in [-0.3, -0.25) is 4.79 Å². The number of fused-ring (bicyclic) bond motifs is 1. The second-order valence-corrected chi connectivity index (χ2v) is 5.51. The molecule has 6 heteroatoms. The lowest BCUT2D eigenvalue weighted by atomic mass is 10.1. The summed E-state index contributed by atoms with van der Waals surface area (Å²) < 4.78 is 0. The topological polar surface area (TPSA) is 98.1 Å². The van der Waals surface area contributed by atoms with Crippen molar-refractivity contribution in [1.82, 2.24) is 9.97 Å². The van der Waals surface area contributed by atoms with E-state index in [4.69, 9.17) is 11.5 Å². The number of rotatable bonds is 4. The Labute approximate surface area is 123 Å². The Kier molecular flexibility index (Phi) is 3.60. The van der Waals surface area contributed by atoms with E-state index in [-0.39, 0.29) is 12.5 Å². The van der Waals surface area contributed by atoms with Gasteiger partial charge in [-0.05, 0) is 31.0 Å². The van der Waals surface area contributed by atoms with Crippen molar-refractivity contribution in [2.75, 3.05) is 17.2 Å². The molecule has 6 nitrogen and oxygen atoms in total. The van der Waals surface area contributed by atoms with E-state index < -0.39 is 0 Å². The van der Waals surface area contributed by atoms with E-state index in [1.807, 2.05) is 23.1 Å². The van der Waals surface area contributed by atoms with Crippen LogP contribution in [0.25, 0.3) is 10.9 Å². The zero-order valence-corrected chi connectivity index (χ0v) is 11.8. The van der Waals surface area contributed by atoms with E-state index in [9.17, 15) is 4.79 Å². The number of nitrogen functional groups attached to an aromatic ring is 1. The number of aromatic nitrogens is 2. The third-order valence-corrected chi connectivity index (χ3v) is 4.00. The van der Waals surface area contributed by atoms with Crippen molar-refractivity contribution in [3.05, 3.63) is 24.5 Å².